The zero-order chi connectivity index (χ0) is 30.2. The summed E-state index contributed by atoms with van der Waals surface area (Å²) in [7, 11) is 3.74. The van der Waals surface area contributed by atoms with E-state index >= 15 is 0 Å². The van der Waals surface area contributed by atoms with Crippen molar-refractivity contribution in [2.24, 2.45) is 0 Å². The molecule has 5 heteroatoms. The molecule has 1 N–H and O–H groups in total. The second-order valence-corrected chi connectivity index (χ2v) is 12.7. The lowest BCUT2D eigenvalue weighted by molar-refractivity contribution is -0.146. The first kappa shape index (κ1) is 39.9. The van der Waals surface area contributed by atoms with E-state index in [1.54, 1.807) is 0 Å². The molecule has 0 heterocycles. The van der Waals surface area contributed by atoms with Gasteiger partial charge in [-0.25, -0.2) is 0 Å². The third kappa shape index (κ3) is 28.8. The number of amides is 1. The van der Waals surface area contributed by atoms with Crippen LogP contribution in [0.25, 0.3) is 0 Å². The Bertz CT molecular complexity index is 567. The molecule has 0 aromatic carbocycles. The topological polar surface area (TPSA) is 58.6 Å². The summed E-state index contributed by atoms with van der Waals surface area (Å²) < 4.78 is 5.47. The van der Waals surface area contributed by atoms with Gasteiger partial charge in [0.05, 0.1) is 0 Å². The maximum absolute atomic E-state index is 12.7. The molecule has 0 aliphatic heterocycles. The quantitative estimate of drug-likeness (QED) is 0.0635. The molecular weight excluding hydrogens is 508 g/mol. The number of hydrogen-bond acceptors (Lipinski definition) is 4. The van der Waals surface area contributed by atoms with Crippen molar-refractivity contribution in [3.05, 3.63) is 0 Å². The van der Waals surface area contributed by atoms with Gasteiger partial charge in [0.2, 0.25) is 5.91 Å². The molecular formula is C36H72N2O3. The minimum atomic E-state index is -0.424. The predicted molar refractivity (Wildman–Crippen MR) is 177 cm³/mol. The Morgan fingerprint density at radius 2 is 0.878 bits per heavy atom. The lowest BCUT2D eigenvalue weighted by Crippen LogP contribution is -2.47. The smallest absolute Gasteiger partial charge is 0.305 e. The number of ether oxygens (including phenoxy) is 1. The van der Waals surface area contributed by atoms with Crippen molar-refractivity contribution < 1.29 is 14.3 Å². The number of nitrogens with zero attached hydrogens (tertiary/aromatic N) is 1. The van der Waals surface area contributed by atoms with Gasteiger partial charge in [-0.15, -0.1) is 0 Å². The van der Waals surface area contributed by atoms with Crippen molar-refractivity contribution in [3.8, 4) is 0 Å². The lowest BCUT2D eigenvalue weighted by Gasteiger charge is -2.23. The number of carbonyl (C=O) groups excluding carboxylic acids is 2. The highest BCUT2D eigenvalue weighted by Crippen LogP contribution is 2.14. The maximum Gasteiger partial charge on any atom is 0.305 e. The van der Waals surface area contributed by atoms with Crippen LogP contribution in [0.1, 0.15) is 187 Å². The highest BCUT2D eigenvalue weighted by molar-refractivity contribution is 5.82. The molecule has 0 spiro atoms. The van der Waals surface area contributed by atoms with E-state index in [0.717, 1.165) is 19.3 Å². The highest BCUT2D eigenvalue weighted by Gasteiger charge is 2.22. The molecule has 1 atom stereocenters. The van der Waals surface area contributed by atoms with Gasteiger partial charge in [-0.05, 0) is 26.9 Å². The van der Waals surface area contributed by atoms with Crippen LogP contribution >= 0.6 is 0 Å². The zero-order valence-electron chi connectivity index (χ0n) is 28.3. The van der Waals surface area contributed by atoms with Gasteiger partial charge in [0, 0.05) is 13.0 Å². The molecule has 0 aliphatic carbocycles. The van der Waals surface area contributed by atoms with E-state index in [-0.39, 0.29) is 18.5 Å². The minimum Gasteiger partial charge on any atom is -0.463 e. The molecule has 0 aliphatic rings. The Morgan fingerprint density at radius 3 is 1.24 bits per heavy atom. The van der Waals surface area contributed by atoms with E-state index < -0.39 is 6.04 Å². The molecule has 244 valence electrons. The Labute approximate surface area is 256 Å². The number of likely N-dealkylation sites (N-methyl/N-ethyl adjacent to an activating group) is 1. The molecule has 0 saturated heterocycles. The molecule has 0 bridgehead atoms. The molecule has 0 aromatic rings. The van der Waals surface area contributed by atoms with Gasteiger partial charge in [-0.2, -0.15) is 0 Å². The molecule has 0 fully saturated rings. The first-order chi connectivity index (χ1) is 20.0. The van der Waals surface area contributed by atoms with Crippen molar-refractivity contribution in [2.45, 2.75) is 193 Å². The summed E-state index contributed by atoms with van der Waals surface area (Å²) in [5.74, 6) is -0.216. The van der Waals surface area contributed by atoms with Crippen LogP contribution in [0.2, 0.25) is 0 Å². The SMILES string of the molecule is CCCCCCCCCCCCCCCCNC(=O)C(COC(=O)CCCCCCCCCCCCCC)N(C)C. The highest BCUT2D eigenvalue weighted by atomic mass is 16.5. The van der Waals surface area contributed by atoms with Crippen molar-refractivity contribution in [2.75, 3.05) is 27.2 Å². The van der Waals surface area contributed by atoms with Crippen molar-refractivity contribution in [1.29, 1.82) is 0 Å². The van der Waals surface area contributed by atoms with E-state index in [1.165, 1.54) is 148 Å². The normalized spacial score (nSPS) is 12.1. The minimum absolute atomic E-state index is 0.0390. The van der Waals surface area contributed by atoms with E-state index in [0.29, 0.717) is 13.0 Å². The van der Waals surface area contributed by atoms with E-state index in [4.69, 9.17) is 4.74 Å². The fourth-order valence-corrected chi connectivity index (χ4v) is 5.46. The summed E-state index contributed by atoms with van der Waals surface area (Å²) in [5, 5.41) is 3.05. The number of unbranched alkanes of at least 4 members (excludes halogenated alkanes) is 24. The summed E-state index contributed by atoms with van der Waals surface area (Å²) in [6, 6.07) is -0.424. The summed E-state index contributed by atoms with van der Waals surface area (Å²) in [6.45, 7) is 5.38. The van der Waals surface area contributed by atoms with Crippen LogP contribution < -0.4 is 5.32 Å². The maximum atomic E-state index is 12.7. The standard InChI is InChI=1S/C36H72N2O3/c1-5-7-9-11-13-15-17-19-20-22-24-26-28-30-32-37-36(40)34(38(3)4)33-41-35(39)31-29-27-25-23-21-18-16-14-12-10-8-6-2/h34H,5-33H2,1-4H3,(H,37,40). The van der Waals surface area contributed by atoms with Gasteiger partial charge >= 0.3 is 5.97 Å². The Kier molecular flexibility index (Phi) is 31.0. The van der Waals surface area contributed by atoms with Gasteiger partial charge in [-0.1, -0.05) is 168 Å². The van der Waals surface area contributed by atoms with Crippen LogP contribution in [-0.4, -0.2) is 50.1 Å². The fourth-order valence-electron chi connectivity index (χ4n) is 5.46. The van der Waals surface area contributed by atoms with Crippen LogP contribution in [-0.2, 0) is 14.3 Å². The fraction of sp³-hybridized carbons (Fsp3) is 0.944. The van der Waals surface area contributed by atoms with E-state index in [1.807, 2.05) is 19.0 Å². The van der Waals surface area contributed by atoms with Crippen LogP contribution in [0.15, 0.2) is 0 Å². The summed E-state index contributed by atoms with van der Waals surface area (Å²) in [4.78, 5) is 26.7. The Morgan fingerprint density at radius 1 is 0.537 bits per heavy atom. The molecule has 0 radical (unpaired) electrons. The van der Waals surface area contributed by atoms with Gasteiger partial charge in [-0.3, -0.25) is 14.5 Å². The lowest BCUT2D eigenvalue weighted by atomic mass is 10.0. The number of carbonyl (C=O) groups is 2. The average molecular weight is 581 g/mol. The average Bonchev–Trinajstić information content (AvgIpc) is 2.95. The monoisotopic (exact) mass is 581 g/mol. The van der Waals surface area contributed by atoms with Gasteiger partial charge < -0.3 is 10.1 Å². The van der Waals surface area contributed by atoms with Crippen molar-refractivity contribution in [1.82, 2.24) is 10.2 Å². The summed E-state index contributed by atoms with van der Waals surface area (Å²) >= 11 is 0. The van der Waals surface area contributed by atoms with Gasteiger partial charge in [0.1, 0.15) is 12.6 Å². The molecule has 0 saturated carbocycles. The molecule has 0 rings (SSSR count). The predicted octanol–water partition coefficient (Wildman–Crippen LogP) is 10.1. The second-order valence-electron chi connectivity index (χ2n) is 12.7. The van der Waals surface area contributed by atoms with E-state index in [2.05, 4.69) is 19.2 Å². The number of hydrogen-bond donors (Lipinski definition) is 1. The molecule has 1 amide bonds. The van der Waals surface area contributed by atoms with Gasteiger partial charge in [0.15, 0.2) is 0 Å². The van der Waals surface area contributed by atoms with Crippen LogP contribution in [0.5, 0.6) is 0 Å². The number of rotatable bonds is 32. The third-order valence-corrected chi connectivity index (χ3v) is 8.39. The van der Waals surface area contributed by atoms with Crippen LogP contribution in [0, 0.1) is 0 Å². The van der Waals surface area contributed by atoms with Crippen molar-refractivity contribution in [3.63, 3.8) is 0 Å². The third-order valence-electron chi connectivity index (χ3n) is 8.39. The first-order valence-electron chi connectivity index (χ1n) is 18.1. The second kappa shape index (κ2) is 31.8. The Hall–Kier alpha value is -1.10. The van der Waals surface area contributed by atoms with Crippen LogP contribution in [0.4, 0.5) is 0 Å². The van der Waals surface area contributed by atoms with Crippen molar-refractivity contribution >= 4 is 11.9 Å². The molecule has 41 heavy (non-hydrogen) atoms. The van der Waals surface area contributed by atoms with E-state index in [9.17, 15) is 9.59 Å². The number of esters is 1. The molecule has 5 nitrogen and oxygen atoms in total. The van der Waals surface area contributed by atoms with Crippen LogP contribution in [0.3, 0.4) is 0 Å². The first-order valence-corrected chi connectivity index (χ1v) is 18.1. The zero-order valence-corrected chi connectivity index (χ0v) is 28.3. The Balaban J connectivity index is 3.65. The summed E-state index contributed by atoms with van der Waals surface area (Å²) in [6.07, 6.45) is 34.4. The molecule has 0 aromatic heterocycles. The number of nitrogens with one attached hydrogen (secondary N) is 1. The largest absolute Gasteiger partial charge is 0.463 e. The molecule has 1 unspecified atom stereocenters. The summed E-state index contributed by atoms with van der Waals surface area (Å²) in [5.41, 5.74) is 0. The van der Waals surface area contributed by atoms with Gasteiger partial charge in [0.25, 0.3) is 0 Å².